The topological polar surface area (TPSA) is 125 Å². The normalized spacial score (nSPS) is 11.5. The molecule has 0 fully saturated rings. The lowest BCUT2D eigenvalue weighted by molar-refractivity contribution is -0.384. The van der Waals surface area contributed by atoms with Crippen LogP contribution in [0.4, 0.5) is 18.9 Å². The second kappa shape index (κ2) is 9.37. The van der Waals surface area contributed by atoms with E-state index in [2.05, 4.69) is 15.4 Å². The summed E-state index contributed by atoms with van der Waals surface area (Å²) in [5, 5.41) is 17.7. The van der Waals surface area contributed by atoms with E-state index in [1.54, 1.807) is 0 Å². The van der Waals surface area contributed by atoms with Gasteiger partial charge in [0.2, 0.25) is 0 Å². The quantitative estimate of drug-likeness (QED) is 0.316. The molecule has 35 heavy (non-hydrogen) atoms. The molecule has 13 heteroatoms. The lowest BCUT2D eigenvalue weighted by Gasteiger charge is -2.10. The van der Waals surface area contributed by atoms with Gasteiger partial charge in [0.25, 0.3) is 17.2 Å². The molecular weight excluding hydrogens is 469 g/mol. The molecule has 0 aliphatic heterocycles. The number of alkyl halides is 3. The Balaban J connectivity index is 1.44. The average molecular weight is 486 g/mol. The van der Waals surface area contributed by atoms with Gasteiger partial charge in [0.1, 0.15) is 11.7 Å². The smallest absolute Gasteiger partial charge is 0.350 e. The molecule has 1 N–H and O–H groups in total. The fraction of sp³-hybridized carbons (Fsp3) is 0.182. The molecule has 1 amide bonds. The number of nitrogens with zero attached hydrogens (tertiary/aromatic N) is 5. The van der Waals surface area contributed by atoms with E-state index in [0.717, 1.165) is 12.1 Å². The van der Waals surface area contributed by atoms with E-state index in [1.165, 1.54) is 58.2 Å². The van der Waals surface area contributed by atoms with Gasteiger partial charge in [-0.25, -0.2) is 9.67 Å². The van der Waals surface area contributed by atoms with E-state index in [0.29, 0.717) is 5.56 Å². The lowest BCUT2D eigenvalue weighted by Crippen LogP contribution is -2.27. The number of benzene rings is 2. The molecule has 0 saturated heterocycles. The van der Waals surface area contributed by atoms with Gasteiger partial charge in [-0.1, -0.05) is 12.1 Å². The number of fused-ring (bicyclic) bond motifs is 1. The predicted octanol–water partition coefficient (Wildman–Crippen LogP) is 3.00. The first-order chi connectivity index (χ1) is 16.6. The number of nitro benzene ring substituents is 1. The van der Waals surface area contributed by atoms with Crippen LogP contribution in [0.2, 0.25) is 0 Å². The van der Waals surface area contributed by atoms with Crippen molar-refractivity contribution >= 4 is 22.6 Å². The Morgan fingerprint density at radius 3 is 2.57 bits per heavy atom. The number of nitro groups is 1. The first kappa shape index (κ1) is 23.6. The fourth-order valence-corrected chi connectivity index (χ4v) is 3.43. The van der Waals surface area contributed by atoms with Gasteiger partial charge in [0.15, 0.2) is 5.65 Å². The van der Waals surface area contributed by atoms with E-state index >= 15 is 0 Å². The van der Waals surface area contributed by atoms with E-state index in [4.69, 9.17) is 0 Å². The number of nitrogens with one attached hydrogen (secondary N) is 1. The minimum Gasteiger partial charge on any atom is -0.350 e. The molecule has 4 rings (SSSR count). The summed E-state index contributed by atoms with van der Waals surface area (Å²) >= 11 is 0. The summed E-state index contributed by atoms with van der Waals surface area (Å²) in [4.78, 5) is 39.4. The average Bonchev–Trinajstić information content (AvgIpc) is 3.24. The molecule has 0 radical (unpaired) electrons. The minimum absolute atomic E-state index is 0.0951. The highest BCUT2D eigenvalue weighted by Gasteiger charge is 2.30. The van der Waals surface area contributed by atoms with E-state index in [-0.39, 0.29) is 41.9 Å². The third kappa shape index (κ3) is 5.18. The maximum absolute atomic E-state index is 12.9. The monoisotopic (exact) mass is 486 g/mol. The van der Waals surface area contributed by atoms with Gasteiger partial charge in [0.05, 0.1) is 29.8 Å². The Morgan fingerprint density at radius 2 is 1.89 bits per heavy atom. The van der Waals surface area contributed by atoms with Crippen molar-refractivity contribution in [3.8, 4) is 0 Å². The highest BCUT2D eigenvalue weighted by molar-refractivity contribution is 5.94. The van der Waals surface area contributed by atoms with Crippen molar-refractivity contribution in [2.24, 2.45) is 0 Å². The van der Waals surface area contributed by atoms with Crippen molar-refractivity contribution in [1.29, 1.82) is 0 Å². The molecule has 0 bridgehead atoms. The molecular formula is C22H17F3N6O4. The van der Waals surface area contributed by atoms with Crippen LogP contribution in [0.15, 0.2) is 65.8 Å². The van der Waals surface area contributed by atoms with Crippen LogP contribution in [0.1, 0.15) is 21.5 Å². The molecule has 0 spiro atoms. The number of aromatic nitrogens is 4. The van der Waals surface area contributed by atoms with Crippen LogP contribution in [0.25, 0.3) is 11.0 Å². The second-order valence-electron chi connectivity index (χ2n) is 7.54. The summed E-state index contributed by atoms with van der Waals surface area (Å²) < 4.78 is 41.5. The van der Waals surface area contributed by atoms with Gasteiger partial charge in [-0.2, -0.15) is 18.3 Å². The molecule has 0 atom stereocenters. The molecule has 0 aliphatic carbocycles. The Bertz CT molecular complexity index is 1460. The largest absolute Gasteiger partial charge is 0.416 e. The highest BCUT2D eigenvalue weighted by atomic mass is 19.4. The van der Waals surface area contributed by atoms with Crippen LogP contribution in [0.5, 0.6) is 0 Å². The number of halogens is 3. The zero-order valence-electron chi connectivity index (χ0n) is 17.9. The van der Waals surface area contributed by atoms with E-state index in [1.807, 2.05) is 0 Å². The molecule has 2 aromatic carbocycles. The van der Waals surface area contributed by atoms with E-state index in [9.17, 15) is 32.9 Å². The van der Waals surface area contributed by atoms with Crippen LogP contribution < -0.4 is 10.9 Å². The number of non-ortho nitro benzene ring substituents is 1. The SMILES string of the molecule is O=C(NCCn1ncc2c(=O)n(Cc3cccc(C(F)(F)F)c3)cnc21)c1ccc([N+](=O)[O-])cc1. The number of carbonyl (C=O) groups is 1. The summed E-state index contributed by atoms with van der Waals surface area (Å²) in [6.07, 6.45) is -1.94. The van der Waals surface area contributed by atoms with Crippen molar-refractivity contribution in [2.45, 2.75) is 19.3 Å². The van der Waals surface area contributed by atoms with Crippen LogP contribution >= 0.6 is 0 Å². The molecule has 2 heterocycles. The Hall–Kier alpha value is -4.55. The van der Waals surface area contributed by atoms with Crippen molar-refractivity contribution in [1.82, 2.24) is 24.6 Å². The number of amides is 1. The summed E-state index contributed by atoms with van der Waals surface area (Å²) in [6.45, 7) is 0.232. The van der Waals surface area contributed by atoms with Crippen LogP contribution in [-0.4, -0.2) is 36.7 Å². The fourth-order valence-electron chi connectivity index (χ4n) is 3.43. The third-order valence-corrected chi connectivity index (χ3v) is 5.18. The zero-order chi connectivity index (χ0) is 25.2. The van der Waals surface area contributed by atoms with Crippen LogP contribution in [-0.2, 0) is 19.3 Å². The summed E-state index contributed by atoms with van der Waals surface area (Å²) in [7, 11) is 0. The zero-order valence-corrected chi connectivity index (χ0v) is 17.9. The number of carbonyl (C=O) groups excluding carboxylic acids is 1. The first-order valence-electron chi connectivity index (χ1n) is 10.2. The van der Waals surface area contributed by atoms with Crippen LogP contribution in [0.3, 0.4) is 0 Å². The minimum atomic E-state index is -4.49. The van der Waals surface area contributed by atoms with Crippen molar-refractivity contribution < 1.29 is 22.9 Å². The first-order valence-corrected chi connectivity index (χ1v) is 10.2. The second-order valence-corrected chi connectivity index (χ2v) is 7.54. The molecule has 0 saturated carbocycles. The summed E-state index contributed by atoms with van der Waals surface area (Å²) in [5.74, 6) is -0.437. The summed E-state index contributed by atoms with van der Waals surface area (Å²) in [6, 6.07) is 9.83. The van der Waals surface area contributed by atoms with Gasteiger partial charge in [0, 0.05) is 24.2 Å². The van der Waals surface area contributed by atoms with Gasteiger partial charge in [-0.15, -0.1) is 0 Å². The number of rotatable bonds is 7. The van der Waals surface area contributed by atoms with Crippen molar-refractivity contribution in [2.75, 3.05) is 6.54 Å². The van der Waals surface area contributed by atoms with Gasteiger partial charge < -0.3 is 5.32 Å². The summed E-state index contributed by atoms with van der Waals surface area (Å²) in [5.41, 5.74) is -0.593. The molecule has 2 aromatic heterocycles. The molecule has 180 valence electrons. The van der Waals surface area contributed by atoms with Crippen LogP contribution in [0, 0.1) is 10.1 Å². The van der Waals surface area contributed by atoms with Gasteiger partial charge in [-0.3, -0.25) is 24.3 Å². The third-order valence-electron chi connectivity index (χ3n) is 5.18. The number of hydrogen-bond donors (Lipinski definition) is 1. The maximum Gasteiger partial charge on any atom is 0.416 e. The predicted molar refractivity (Wildman–Crippen MR) is 118 cm³/mol. The van der Waals surface area contributed by atoms with Crippen molar-refractivity contribution in [3.63, 3.8) is 0 Å². The Morgan fingerprint density at radius 1 is 1.14 bits per heavy atom. The lowest BCUT2D eigenvalue weighted by atomic mass is 10.1. The van der Waals surface area contributed by atoms with E-state index < -0.39 is 28.1 Å². The molecule has 0 unspecified atom stereocenters. The maximum atomic E-state index is 12.9. The number of hydrogen-bond acceptors (Lipinski definition) is 6. The standard InChI is InChI=1S/C22H17F3N6O4/c23-22(24,25)16-3-1-2-14(10-16)12-29-13-27-19-18(21(29)33)11-28-30(19)9-8-26-20(32)15-4-6-17(7-5-15)31(34)35/h1-7,10-11,13H,8-9,12H2,(H,26,32). The highest BCUT2D eigenvalue weighted by Crippen LogP contribution is 2.29. The molecule has 10 nitrogen and oxygen atoms in total. The molecule has 0 aliphatic rings. The van der Waals surface area contributed by atoms with Gasteiger partial charge >= 0.3 is 6.18 Å². The Labute approximate surface area is 194 Å². The van der Waals surface area contributed by atoms with Crippen molar-refractivity contribution in [3.05, 3.63) is 98.2 Å². The van der Waals surface area contributed by atoms with Gasteiger partial charge in [-0.05, 0) is 29.8 Å². The molecule has 4 aromatic rings. The Kier molecular flexibility index (Phi) is 6.32.